The quantitative estimate of drug-likeness (QED) is 0.632. The molecule has 108 valence electrons. The number of nitrogens with zero attached hydrogens (tertiary/aromatic N) is 2. The predicted molar refractivity (Wildman–Crippen MR) is 89.1 cm³/mol. The Balaban J connectivity index is 2.08. The Hall–Kier alpha value is -1.52. The van der Waals surface area contributed by atoms with Crippen LogP contribution >= 0.6 is 27.5 Å². The number of ether oxygens (including phenoxy) is 1. The van der Waals surface area contributed by atoms with E-state index >= 15 is 0 Å². The highest BCUT2D eigenvalue weighted by atomic mass is 79.9. The maximum Gasteiger partial charge on any atom is 0.125 e. The minimum absolute atomic E-state index is 0.380. The summed E-state index contributed by atoms with van der Waals surface area (Å²) < 4.78 is 8.46. The smallest absolute Gasteiger partial charge is 0.125 e. The molecule has 3 rings (SSSR count). The first-order valence-electron chi connectivity index (χ1n) is 6.55. The van der Waals surface area contributed by atoms with Crippen molar-refractivity contribution in [2.24, 2.45) is 0 Å². The predicted octanol–water partition coefficient (Wildman–Crippen LogP) is 4.59. The number of fused-ring (bicyclic) bond motifs is 1. The zero-order valence-electron chi connectivity index (χ0n) is 11.5. The fourth-order valence-corrected chi connectivity index (χ4v) is 3.03. The monoisotopic (exact) mass is 364 g/mol. The second-order valence-electron chi connectivity index (χ2n) is 4.73. The molecule has 3 aromatic rings. The highest BCUT2D eigenvalue weighted by Gasteiger charge is 2.11. The Morgan fingerprint density at radius 1 is 1.24 bits per heavy atom. The third-order valence-corrected chi connectivity index (χ3v) is 4.12. The molecule has 0 aliphatic rings. The van der Waals surface area contributed by atoms with Crippen LogP contribution in [0.4, 0.5) is 0 Å². The van der Waals surface area contributed by atoms with Gasteiger partial charge in [0, 0.05) is 17.1 Å². The van der Waals surface area contributed by atoms with Crippen molar-refractivity contribution in [3.63, 3.8) is 0 Å². The molecule has 0 unspecified atom stereocenters. The van der Waals surface area contributed by atoms with E-state index in [1.54, 1.807) is 7.11 Å². The third-order valence-electron chi connectivity index (χ3n) is 3.38. The summed E-state index contributed by atoms with van der Waals surface area (Å²) >= 11 is 9.55. The molecule has 0 saturated heterocycles. The molecule has 1 heterocycles. The lowest BCUT2D eigenvalue weighted by molar-refractivity contribution is 0.415. The first kappa shape index (κ1) is 14.4. The average Bonchev–Trinajstić information content (AvgIpc) is 2.84. The topological polar surface area (TPSA) is 27.1 Å². The van der Waals surface area contributed by atoms with Crippen LogP contribution < -0.4 is 4.74 Å². The van der Waals surface area contributed by atoms with Crippen molar-refractivity contribution in [2.45, 2.75) is 12.4 Å². The second-order valence-corrected chi connectivity index (χ2v) is 5.92. The Kier molecular flexibility index (Phi) is 4.17. The minimum atomic E-state index is 0.380. The number of methoxy groups -OCH3 is 1. The van der Waals surface area contributed by atoms with Crippen molar-refractivity contribution in [2.75, 3.05) is 7.11 Å². The van der Waals surface area contributed by atoms with E-state index in [1.165, 1.54) is 5.56 Å². The zero-order chi connectivity index (χ0) is 14.8. The molecule has 2 aromatic carbocycles. The van der Waals surface area contributed by atoms with E-state index in [1.807, 2.05) is 30.3 Å². The summed E-state index contributed by atoms with van der Waals surface area (Å²) in [6, 6.07) is 14.1. The van der Waals surface area contributed by atoms with Crippen LogP contribution in [0.3, 0.4) is 0 Å². The van der Waals surface area contributed by atoms with Crippen LogP contribution in [0.25, 0.3) is 11.0 Å². The maximum atomic E-state index is 6.05. The third kappa shape index (κ3) is 2.92. The van der Waals surface area contributed by atoms with Crippen molar-refractivity contribution >= 4 is 38.6 Å². The van der Waals surface area contributed by atoms with Crippen molar-refractivity contribution < 1.29 is 4.74 Å². The summed E-state index contributed by atoms with van der Waals surface area (Å²) in [7, 11) is 1.65. The Bertz CT molecular complexity index is 785. The van der Waals surface area contributed by atoms with E-state index in [0.29, 0.717) is 5.88 Å². The minimum Gasteiger partial charge on any atom is -0.497 e. The molecule has 0 aliphatic carbocycles. The van der Waals surface area contributed by atoms with Gasteiger partial charge in [0.05, 0.1) is 24.0 Å². The lowest BCUT2D eigenvalue weighted by Crippen LogP contribution is -2.03. The molecular formula is C16H14BrClN2O. The van der Waals surface area contributed by atoms with Crippen LogP contribution in [-0.2, 0) is 12.4 Å². The molecule has 0 saturated carbocycles. The largest absolute Gasteiger partial charge is 0.497 e. The maximum absolute atomic E-state index is 6.05. The number of imidazole rings is 1. The molecule has 0 spiro atoms. The van der Waals surface area contributed by atoms with Gasteiger partial charge in [-0.2, -0.15) is 0 Å². The second kappa shape index (κ2) is 6.08. The van der Waals surface area contributed by atoms with E-state index in [9.17, 15) is 0 Å². The van der Waals surface area contributed by atoms with Crippen LogP contribution in [0, 0.1) is 0 Å². The van der Waals surface area contributed by atoms with Crippen LogP contribution in [0.15, 0.2) is 46.9 Å². The number of halogens is 2. The van der Waals surface area contributed by atoms with E-state index in [4.69, 9.17) is 16.3 Å². The molecule has 0 fully saturated rings. The van der Waals surface area contributed by atoms with Gasteiger partial charge in [0.2, 0.25) is 0 Å². The highest BCUT2D eigenvalue weighted by Crippen LogP contribution is 2.24. The highest BCUT2D eigenvalue weighted by molar-refractivity contribution is 9.10. The van der Waals surface area contributed by atoms with Gasteiger partial charge in [0.15, 0.2) is 0 Å². The summed E-state index contributed by atoms with van der Waals surface area (Å²) in [4.78, 5) is 4.60. The van der Waals surface area contributed by atoms with Crippen molar-refractivity contribution in [3.05, 3.63) is 58.3 Å². The normalized spacial score (nSPS) is 11.0. The molecule has 0 N–H and O–H groups in total. The fourth-order valence-electron chi connectivity index (χ4n) is 2.38. The van der Waals surface area contributed by atoms with Gasteiger partial charge >= 0.3 is 0 Å². The summed E-state index contributed by atoms with van der Waals surface area (Å²) in [6.45, 7) is 0.740. The average molecular weight is 366 g/mol. The molecule has 0 aliphatic heterocycles. The molecule has 0 radical (unpaired) electrons. The van der Waals surface area contributed by atoms with E-state index < -0.39 is 0 Å². The van der Waals surface area contributed by atoms with Crippen LogP contribution in [-0.4, -0.2) is 16.7 Å². The number of hydrogen-bond donors (Lipinski definition) is 0. The fraction of sp³-hybridized carbons (Fsp3) is 0.188. The number of hydrogen-bond acceptors (Lipinski definition) is 2. The van der Waals surface area contributed by atoms with E-state index in [-0.39, 0.29) is 0 Å². The molecule has 0 amide bonds. The molecular weight excluding hydrogens is 352 g/mol. The van der Waals surface area contributed by atoms with Gasteiger partial charge in [-0.1, -0.05) is 28.1 Å². The molecule has 1 aromatic heterocycles. The van der Waals surface area contributed by atoms with Crippen LogP contribution in [0.2, 0.25) is 0 Å². The van der Waals surface area contributed by atoms with Gasteiger partial charge in [-0.3, -0.25) is 0 Å². The first-order chi connectivity index (χ1) is 10.2. The number of alkyl halides is 1. The molecule has 0 bridgehead atoms. The molecule has 3 nitrogen and oxygen atoms in total. The lowest BCUT2D eigenvalue weighted by Gasteiger charge is -2.08. The van der Waals surface area contributed by atoms with E-state index in [0.717, 1.165) is 33.6 Å². The van der Waals surface area contributed by atoms with Gasteiger partial charge in [0.1, 0.15) is 11.6 Å². The Labute approximate surface area is 136 Å². The number of aromatic nitrogens is 2. The number of benzene rings is 2. The molecule has 21 heavy (non-hydrogen) atoms. The Morgan fingerprint density at radius 2 is 2.10 bits per heavy atom. The van der Waals surface area contributed by atoms with Gasteiger partial charge in [-0.25, -0.2) is 4.98 Å². The van der Waals surface area contributed by atoms with Crippen LogP contribution in [0.5, 0.6) is 5.75 Å². The summed E-state index contributed by atoms with van der Waals surface area (Å²) in [5.74, 6) is 2.04. The standard InChI is InChI=1S/C16H14BrClN2O/c1-21-13-5-6-15-14(8-13)19-16(9-18)20(15)10-11-3-2-4-12(17)7-11/h2-8H,9-10H2,1H3. The van der Waals surface area contributed by atoms with Gasteiger partial charge in [0.25, 0.3) is 0 Å². The van der Waals surface area contributed by atoms with Gasteiger partial charge in [-0.15, -0.1) is 11.6 Å². The number of rotatable bonds is 4. The van der Waals surface area contributed by atoms with Crippen molar-refractivity contribution in [3.8, 4) is 5.75 Å². The van der Waals surface area contributed by atoms with E-state index in [2.05, 4.69) is 37.6 Å². The zero-order valence-corrected chi connectivity index (χ0v) is 13.9. The van der Waals surface area contributed by atoms with Crippen LogP contribution in [0.1, 0.15) is 11.4 Å². The summed E-state index contributed by atoms with van der Waals surface area (Å²) in [5, 5.41) is 0. The SMILES string of the molecule is COc1ccc2c(c1)nc(CCl)n2Cc1cccc(Br)c1. The van der Waals surface area contributed by atoms with Crippen molar-refractivity contribution in [1.82, 2.24) is 9.55 Å². The van der Waals surface area contributed by atoms with Gasteiger partial charge < -0.3 is 9.30 Å². The van der Waals surface area contributed by atoms with Crippen molar-refractivity contribution in [1.29, 1.82) is 0 Å². The lowest BCUT2D eigenvalue weighted by atomic mass is 10.2. The Morgan fingerprint density at radius 3 is 2.81 bits per heavy atom. The summed E-state index contributed by atoms with van der Waals surface area (Å²) in [5.41, 5.74) is 3.16. The van der Waals surface area contributed by atoms with Gasteiger partial charge in [-0.05, 0) is 29.8 Å². The molecule has 0 atom stereocenters. The summed E-state index contributed by atoms with van der Waals surface area (Å²) in [6.07, 6.45) is 0. The first-order valence-corrected chi connectivity index (χ1v) is 7.87. The molecule has 5 heteroatoms.